The summed E-state index contributed by atoms with van der Waals surface area (Å²) in [6.07, 6.45) is 0. The average Bonchev–Trinajstić information content (AvgIpc) is 2.56. The minimum Gasteiger partial charge on any atom is -0.318 e. The first-order valence-corrected chi connectivity index (χ1v) is 6.73. The molecule has 4 nitrogen and oxygen atoms in total. The van der Waals surface area contributed by atoms with Gasteiger partial charge in [0.15, 0.2) is 0 Å². The Labute approximate surface area is 88.4 Å². The third-order valence-corrected chi connectivity index (χ3v) is 4.23. The lowest BCUT2D eigenvalue weighted by atomic mass is 10.5. The SMILES string of the molecule is CNCC(C)S(=O)(=O)Nc1ccsc1. The quantitative estimate of drug-likeness (QED) is 0.802. The van der Waals surface area contributed by atoms with Gasteiger partial charge in [-0.1, -0.05) is 0 Å². The van der Waals surface area contributed by atoms with Crippen LogP contribution in [0.1, 0.15) is 6.92 Å². The summed E-state index contributed by atoms with van der Waals surface area (Å²) >= 11 is 1.46. The summed E-state index contributed by atoms with van der Waals surface area (Å²) in [5, 5.41) is 6.00. The van der Waals surface area contributed by atoms with Crippen molar-refractivity contribution < 1.29 is 8.42 Å². The highest BCUT2D eigenvalue weighted by Crippen LogP contribution is 2.15. The van der Waals surface area contributed by atoms with E-state index in [0.717, 1.165) is 0 Å². The van der Waals surface area contributed by atoms with E-state index in [2.05, 4.69) is 10.0 Å². The van der Waals surface area contributed by atoms with Crippen molar-refractivity contribution in [3.63, 3.8) is 0 Å². The van der Waals surface area contributed by atoms with Crippen LogP contribution in [0.3, 0.4) is 0 Å². The van der Waals surface area contributed by atoms with E-state index in [0.29, 0.717) is 12.2 Å². The van der Waals surface area contributed by atoms with E-state index in [9.17, 15) is 8.42 Å². The van der Waals surface area contributed by atoms with E-state index in [-0.39, 0.29) is 0 Å². The minimum absolute atomic E-state index is 0.438. The second-order valence-corrected chi connectivity index (χ2v) is 5.91. The Morgan fingerprint density at radius 2 is 2.29 bits per heavy atom. The minimum atomic E-state index is -3.25. The molecular formula is C8H14N2O2S2. The summed E-state index contributed by atoms with van der Waals surface area (Å²) in [4.78, 5) is 0. The van der Waals surface area contributed by atoms with Gasteiger partial charge in [0.2, 0.25) is 10.0 Å². The zero-order chi connectivity index (χ0) is 10.6. The summed E-state index contributed by atoms with van der Waals surface area (Å²) < 4.78 is 25.8. The van der Waals surface area contributed by atoms with E-state index >= 15 is 0 Å². The highest BCUT2D eigenvalue weighted by atomic mass is 32.2. The maximum Gasteiger partial charge on any atom is 0.236 e. The largest absolute Gasteiger partial charge is 0.318 e. The Morgan fingerprint density at radius 1 is 1.57 bits per heavy atom. The summed E-state index contributed by atoms with van der Waals surface area (Å²) in [5.74, 6) is 0. The van der Waals surface area contributed by atoms with Crippen molar-refractivity contribution in [2.45, 2.75) is 12.2 Å². The molecule has 1 atom stereocenters. The van der Waals surface area contributed by atoms with Crippen molar-refractivity contribution >= 4 is 27.0 Å². The molecule has 0 aliphatic rings. The van der Waals surface area contributed by atoms with Gasteiger partial charge in [0.1, 0.15) is 0 Å². The van der Waals surface area contributed by atoms with Crippen LogP contribution in [0.4, 0.5) is 5.69 Å². The Balaban J connectivity index is 2.67. The van der Waals surface area contributed by atoms with E-state index in [1.54, 1.807) is 25.4 Å². The van der Waals surface area contributed by atoms with Crippen molar-refractivity contribution in [1.82, 2.24) is 5.32 Å². The van der Waals surface area contributed by atoms with Gasteiger partial charge in [-0.2, -0.15) is 11.3 Å². The Morgan fingerprint density at radius 3 is 2.79 bits per heavy atom. The fourth-order valence-corrected chi connectivity index (χ4v) is 2.69. The van der Waals surface area contributed by atoms with Gasteiger partial charge < -0.3 is 5.32 Å². The molecule has 0 amide bonds. The van der Waals surface area contributed by atoms with Gasteiger partial charge in [-0.05, 0) is 25.4 Å². The van der Waals surface area contributed by atoms with Gasteiger partial charge in [0.25, 0.3) is 0 Å². The maximum atomic E-state index is 11.6. The number of hydrogen-bond donors (Lipinski definition) is 2. The Kier molecular flexibility index (Phi) is 3.91. The Hall–Kier alpha value is -0.590. The smallest absolute Gasteiger partial charge is 0.236 e. The standard InChI is InChI=1S/C8H14N2O2S2/c1-7(5-9-2)14(11,12)10-8-3-4-13-6-8/h3-4,6-7,9-10H,5H2,1-2H3. The van der Waals surface area contributed by atoms with Crippen molar-refractivity contribution in [3.05, 3.63) is 16.8 Å². The molecule has 0 aliphatic carbocycles. The van der Waals surface area contributed by atoms with Crippen LogP contribution in [0.5, 0.6) is 0 Å². The van der Waals surface area contributed by atoms with Gasteiger partial charge in [-0.3, -0.25) is 4.72 Å². The zero-order valence-electron chi connectivity index (χ0n) is 8.15. The molecule has 80 valence electrons. The Bertz CT molecular complexity index is 359. The van der Waals surface area contributed by atoms with Gasteiger partial charge in [-0.15, -0.1) is 0 Å². The van der Waals surface area contributed by atoms with Crippen LogP contribution in [-0.2, 0) is 10.0 Å². The first kappa shape index (κ1) is 11.5. The lowest BCUT2D eigenvalue weighted by molar-refractivity contribution is 0.584. The van der Waals surface area contributed by atoms with Gasteiger partial charge in [-0.25, -0.2) is 8.42 Å². The van der Waals surface area contributed by atoms with Crippen LogP contribution in [0.15, 0.2) is 16.8 Å². The monoisotopic (exact) mass is 234 g/mol. The summed E-state index contributed by atoms with van der Waals surface area (Å²) in [5.41, 5.74) is 0.637. The van der Waals surface area contributed by atoms with Crippen molar-refractivity contribution in [2.24, 2.45) is 0 Å². The molecule has 0 saturated carbocycles. The summed E-state index contributed by atoms with van der Waals surface area (Å²) in [6, 6.07) is 1.74. The van der Waals surface area contributed by atoms with E-state index in [4.69, 9.17) is 0 Å². The lowest BCUT2D eigenvalue weighted by Gasteiger charge is -2.12. The van der Waals surface area contributed by atoms with Gasteiger partial charge in [0.05, 0.1) is 10.9 Å². The molecule has 0 radical (unpaired) electrons. The lowest BCUT2D eigenvalue weighted by Crippen LogP contribution is -2.33. The third-order valence-electron chi connectivity index (χ3n) is 1.80. The average molecular weight is 234 g/mol. The third kappa shape index (κ3) is 2.97. The highest BCUT2D eigenvalue weighted by Gasteiger charge is 2.19. The van der Waals surface area contributed by atoms with E-state index < -0.39 is 15.3 Å². The summed E-state index contributed by atoms with van der Waals surface area (Å²) in [7, 11) is -1.52. The molecule has 0 aromatic carbocycles. The van der Waals surface area contributed by atoms with E-state index in [1.807, 2.05) is 5.38 Å². The highest BCUT2D eigenvalue weighted by molar-refractivity contribution is 7.93. The molecule has 1 aromatic heterocycles. The van der Waals surface area contributed by atoms with Crippen molar-refractivity contribution in [2.75, 3.05) is 18.3 Å². The molecule has 0 fully saturated rings. The topological polar surface area (TPSA) is 58.2 Å². The molecule has 1 rings (SSSR count). The molecular weight excluding hydrogens is 220 g/mol. The number of nitrogens with one attached hydrogen (secondary N) is 2. The molecule has 14 heavy (non-hydrogen) atoms. The van der Waals surface area contributed by atoms with Crippen LogP contribution in [0.2, 0.25) is 0 Å². The predicted octanol–water partition coefficient (Wildman–Crippen LogP) is 1.10. The molecule has 1 aromatic rings. The van der Waals surface area contributed by atoms with Gasteiger partial charge in [0, 0.05) is 11.9 Å². The molecule has 6 heteroatoms. The molecule has 0 bridgehead atoms. The maximum absolute atomic E-state index is 11.6. The first-order chi connectivity index (χ1) is 6.56. The number of sulfonamides is 1. The summed E-state index contributed by atoms with van der Waals surface area (Å²) in [6.45, 7) is 2.12. The van der Waals surface area contributed by atoms with Crippen LogP contribution in [0, 0.1) is 0 Å². The van der Waals surface area contributed by atoms with Crippen molar-refractivity contribution in [1.29, 1.82) is 0 Å². The van der Waals surface area contributed by atoms with Crippen LogP contribution in [0.25, 0.3) is 0 Å². The predicted molar refractivity (Wildman–Crippen MR) is 60.3 cm³/mol. The molecule has 0 spiro atoms. The fraction of sp³-hybridized carbons (Fsp3) is 0.500. The number of rotatable bonds is 5. The molecule has 0 saturated heterocycles. The molecule has 1 unspecified atom stereocenters. The van der Waals surface area contributed by atoms with Crippen LogP contribution >= 0.6 is 11.3 Å². The number of thiophene rings is 1. The second-order valence-electron chi connectivity index (χ2n) is 3.03. The molecule has 1 heterocycles. The van der Waals surface area contributed by atoms with Crippen molar-refractivity contribution in [3.8, 4) is 0 Å². The molecule has 0 aliphatic heterocycles. The number of anilines is 1. The number of hydrogen-bond acceptors (Lipinski definition) is 4. The first-order valence-electron chi connectivity index (χ1n) is 4.24. The fourth-order valence-electron chi connectivity index (χ4n) is 0.985. The van der Waals surface area contributed by atoms with Gasteiger partial charge >= 0.3 is 0 Å². The van der Waals surface area contributed by atoms with E-state index in [1.165, 1.54) is 11.3 Å². The zero-order valence-corrected chi connectivity index (χ0v) is 9.78. The van der Waals surface area contributed by atoms with Crippen LogP contribution in [-0.4, -0.2) is 27.3 Å². The molecule has 2 N–H and O–H groups in total. The normalized spacial score (nSPS) is 13.9. The second kappa shape index (κ2) is 4.77. The van der Waals surface area contributed by atoms with Crippen LogP contribution < -0.4 is 10.0 Å².